The van der Waals surface area contributed by atoms with Crippen LogP contribution in [-0.2, 0) is 6.54 Å². The molecule has 1 aliphatic rings. The number of likely N-dealkylation sites (tertiary alicyclic amines) is 1. The second-order valence-corrected chi connectivity index (χ2v) is 6.36. The van der Waals surface area contributed by atoms with Gasteiger partial charge in [-0.1, -0.05) is 13.0 Å². The first-order chi connectivity index (χ1) is 9.20. The van der Waals surface area contributed by atoms with Gasteiger partial charge in [-0.05, 0) is 23.8 Å². The Kier molecular flexibility index (Phi) is 3.68. The zero-order chi connectivity index (χ0) is 13.2. The molecule has 2 atom stereocenters. The maximum absolute atomic E-state index is 6.07. The minimum atomic E-state index is 0.285. The SMILES string of the molecule is CC1CC(N)CN(Cc2coc(-c3cccs3)n2)C1. The monoisotopic (exact) mass is 277 g/mol. The van der Waals surface area contributed by atoms with Crippen molar-refractivity contribution in [2.45, 2.75) is 25.9 Å². The Morgan fingerprint density at radius 2 is 2.42 bits per heavy atom. The molecule has 5 heteroatoms. The molecule has 0 saturated carbocycles. The third kappa shape index (κ3) is 3.05. The molecule has 0 aromatic carbocycles. The maximum atomic E-state index is 6.07. The minimum Gasteiger partial charge on any atom is -0.444 e. The van der Waals surface area contributed by atoms with Gasteiger partial charge in [0.2, 0.25) is 5.89 Å². The van der Waals surface area contributed by atoms with Crippen molar-refractivity contribution in [2.75, 3.05) is 13.1 Å². The number of hydrogen-bond donors (Lipinski definition) is 1. The molecular formula is C14H19N3OS. The lowest BCUT2D eigenvalue weighted by Gasteiger charge is -2.34. The molecule has 1 aliphatic heterocycles. The van der Waals surface area contributed by atoms with Crippen LogP contribution in [0, 0.1) is 5.92 Å². The standard InChI is InChI=1S/C14H19N3OS/c1-10-5-11(15)7-17(6-10)8-12-9-18-14(16-12)13-3-2-4-19-13/h2-4,9-11H,5-8,15H2,1H3. The van der Waals surface area contributed by atoms with Gasteiger partial charge < -0.3 is 10.2 Å². The minimum absolute atomic E-state index is 0.285. The topological polar surface area (TPSA) is 55.3 Å². The van der Waals surface area contributed by atoms with Gasteiger partial charge in [0.1, 0.15) is 6.26 Å². The van der Waals surface area contributed by atoms with Gasteiger partial charge in [-0.3, -0.25) is 4.90 Å². The molecule has 0 amide bonds. The van der Waals surface area contributed by atoms with E-state index in [1.165, 1.54) is 0 Å². The largest absolute Gasteiger partial charge is 0.444 e. The summed E-state index contributed by atoms with van der Waals surface area (Å²) in [4.78, 5) is 8.01. The molecule has 1 fully saturated rings. The predicted octanol–water partition coefficient (Wildman–Crippen LogP) is 2.57. The third-order valence-corrected chi connectivity index (χ3v) is 4.29. The van der Waals surface area contributed by atoms with Crippen LogP contribution in [0.1, 0.15) is 19.0 Å². The Labute approximate surface area is 117 Å². The number of aromatic nitrogens is 1. The highest BCUT2D eigenvalue weighted by Crippen LogP contribution is 2.24. The van der Waals surface area contributed by atoms with Crippen LogP contribution in [0.3, 0.4) is 0 Å². The van der Waals surface area contributed by atoms with Crippen molar-refractivity contribution in [3.63, 3.8) is 0 Å². The van der Waals surface area contributed by atoms with Crippen molar-refractivity contribution in [1.29, 1.82) is 0 Å². The summed E-state index contributed by atoms with van der Waals surface area (Å²) in [6.07, 6.45) is 2.88. The van der Waals surface area contributed by atoms with Crippen LogP contribution in [0.15, 0.2) is 28.2 Å². The van der Waals surface area contributed by atoms with Crippen LogP contribution in [0.25, 0.3) is 10.8 Å². The van der Waals surface area contributed by atoms with E-state index in [-0.39, 0.29) is 6.04 Å². The van der Waals surface area contributed by atoms with E-state index in [0.717, 1.165) is 42.5 Å². The maximum Gasteiger partial charge on any atom is 0.236 e. The Morgan fingerprint density at radius 3 is 3.16 bits per heavy atom. The first-order valence-corrected chi connectivity index (χ1v) is 7.55. The van der Waals surface area contributed by atoms with Gasteiger partial charge >= 0.3 is 0 Å². The quantitative estimate of drug-likeness (QED) is 0.937. The molecule has 3 heterocycles. The van der Waals surface area contributed by atoms with Gasteiger partial charge in [0.25, 0.3) is 0 Å². The number of thiophene rings is 1. The van der Waals surface area contributed by atoms with Crippen molar-refractivity contribution in [1.82, 2.24) is 9.88 Å². The highest BCUT2D eigenvalue weighted by Gasteiger charge is 2.23. The van der Waals surface area contributed by atoms with Crippen LogP contribution in [-0.4, -0.2) is 29.0 Å². The summed E-state index contributed by atoms with van der Waals surface area (Å²) in [6.45, 7) is 5.12. The lowest BCUT2D eigenvalue weighted by molar-refractivity contribution is 0.157. The van der Waals surface area contributed by atoms with Crippen molar-refractivity contribution < 1.29 is 4.42 Å². The third-order valence-electron chi connectivity index (χ3n) is 3.44. The van der Waals surface area contributed by atoms with Crippen molar-refractivity contribution >= 4 is 11.3 Å². The van der Waals surface area contributed by atoms with Crippen molar-refractivity contribution in [3.05, 3.63) is 29.5 Å². The van der Waals surface area contributed by atoms with Gasteiger partial charge in [-0.15, -0.1) is 11.3 Å². The molecule has 2 aromatic rings. The summed E-state index contributed by atoms with van der Waals surface area (Å²) in [6, 6.07) is 4.32. The van der Waals surface area contributed by atoms with E-state index < -0.39 is 0 Å². The lowest BCUT2D eigenvalue weighted by atomic mass is 9.96. The fourth-order valence-corrected chi connectivity index (χ4v) is 3.42. The number of nitrogens with zero attached hydrogens (tertiary/aromatic N) is 2. The summed E-state index contributed by atoms with van der Waals surface area (Å²) in [5.41, 5.74) is 7.06. The Bertz CT molecular complexity index is 513. The smallest absolute Gasteiger partial charge is 0.236 e. The zero-order valence-electron chi connectivity index (χ0n) is 11.1. The van der Waals surface area contributed by atoms with E-state index in [9.17, 15) is 0 Å². The van der Waals surface area contributed by atoms with Crippen LogP contribution < -0.4 is 5.73 Å². The fraction of sp³-hybridized carbons (Fsp3) is 0.500. The van der Waals surface area contributed by atoms with E-state index >= 15 is 0 Å². The lowest BCUT2D eigenvalue weighted by Crippen LogP contribution is -2.45. The van der Waals surface area contributed by atoms with Crippen LogP contribution in [0.2, 0.25) is 0 Å². The molecule has 2 unspecified atom stereocenters. The fourth-order valence-electron chi connectivity index (χ4n) is 2.76. The van der Waals surface area contributed by atoms with Crippen LogP contribution >= 0.6 is 11.3 Å². The summed E-state index contributed by atoms with van der Waals surface area (Å²) >= 11 is 1.65. The highest BCUT2D eigenvalue weighted by molar-refractivity contribution is 7.13. The zero-order valence-corrected chi connectivity index (χ0v) is 11.9. The molecule has 2 aromatic heterocycles. The Morgan fingerprint density at radius 1 is 1.53 bits per heavy atom. The number of nitrogens with two attached hydrogens (primary N) is 1. The normalized spacial score (nSPS) is 24.7. The molecule has 0 aliphatic carbocycles. The van der Waals surface area contributed by atoms with Crippen molar-refractivity contribution in [2.24, 2.45) is 11.7 Å². The second-order valence-electron chi connectivity index (χ2n) is 5.42. The molecular weight excluding hydrogens is 258 g/mol. The number of hydrogen-bond acceptors (Lipinski definition) is 5. The highest BCUT2D eigenvalue weighted by atomic mass is 32.1. The van der Waals surface area contributed by atoms with Crippen molar-refractivity contribution in [3.8, 4) is 10.8 Å². The number of rotatable bonds is 3. The summed E-state index contributed by atoms with van der Waals surface area (Å²) in [7, 11) is 0. The van der Waals surface area contributed by atoms with E-state index in [4.69, 9.17) is 10.2 Å². The van der Waals surface area contributed by atoms with E-state index in [1.54, 1.807) is 17.6 Å². The van der Waals surface area contributed by atoms with Crippen LogP contribution in [0.5, 0.6) is 0 Å². The molecule has 0 bridgehead atoms. The average molecular weight is 277 g/mol. The van der Waals surface area contributed by atoms with Gasteiger partial charge in [0.15, 0.2) is 0 Å². The Balaban J connectivity index is 1.67. The van der Waals surface area contributed by atoms with Gasteiger partial charge in [-0.25, -0.2) is 4.98 Å². The first kappa shape index (κ1) is 12.8. The summed E-state index contributed by atoms with van der Waals surface area (Å²) in [5, 5.41) is 2.03. The van der Waals surface area contributed by atoms with E-state index in [2.05, 4.69) is 16.8 Å². The molecule has 0 spiro atoms. The van der Waals surface area contributed by atoms with Gasteiger partial charge in [0.05, 0.1) is 10.6 Å². The average Bonchev–Trinajstić information content (AvgIpc) is 2.96. The van der Waals surface area contributed by atoms with E-state index in [1.807, 2.05) is 17.5 Å². The predicted molar refractivity (Wildman–Crippen MR) is 76.8 cm³/mol. The summed E-state index contributed by atoms with van der Waals surface area (Å²) in [5.74, 6) is 1.38. The molecule has 0 radical (unpaired) electrons. The molecule has 102 valence electrons. The first-order valence-electron chi connectivity index (χ1n) is 6.67. The number of oxazole rings is 1. The molecule has 3 rings (SSSR count). The molecule has 4 nitrogen and oxygen atoms in total. The molecule has 1 saturated heterocycles. The van der Waals surface area contributed by atoms with Gasteiger partial charge in [-0.2, -0.15) is 0 Å². The number of piperidine rings is 1. The van der Waals surface area contributed by atoms with Gasteiger partial charge in [0, 0.05) is 25.7 Å². The van der Waals surface area contributed by atoms with E-state index in [0.29, 0.717) is 5.92 Å². The molecule has 19 heavy (non-hydrogen) atoms. The summed E-state index contributed by atoms with van der Waals surface area (Å²) < 4.78 is 5.55. The van der Waals surface area contributed by atoms with Crippen LogP contribution in [0.4, 0.5) is 0 Å². The molecule has 2 N–H and O–H groups in total. The Hall–Kier alpha value is -1.17. The second kappa shape index (κ2) is 5.45.